The Hall–Kier alpha value is -0.870. The Kier molecular flexibility index (Phi) is 10.2. The highest BCUT2D eigenvalue weighted by atomic mass is 16.7. The van der Waals surface area contributed by atoms with Crippen LogP contribution in [0, 0.1) is 17.8 Å². The third-order valence-electron chi connectivity index (χ3n) is 4.13. The molecule has 0 aromatic heterocycles. The van der Waals surface area contributed by atoms with Crippen molar-refractivity contribution in [2.24, 2.45) is 17.8 Å². The van der Waals surface area contributed by atoms with Crippen LogP contribution in [0.15, 0.2) is 12.2 Å². The number of esters is 1. The second-order valence-corrected chi connectivity index (χ2v) is 6.90. The van der Waals surface area contributed by atoms with Crippen LogP contribution < -0.4 is 0 Å². The highest BCUT2D eigenvalue weighted by molar-refractivity contribution is 5.81. The standard InChI is InChI=1S/C19H34O4/c1-5-21-18(20)10-9-15(2)12-16(3)13-17(4)14-23-19-8-6-7-11-22-19/h9-10,15-17,19H,5-8,11-14H2,1-4H3/b10-9+/t15-,16-,17+,19?/m1/s1. The highest BCUT2D eigenvalue weighted by Gasteiger charge is 2.17. The third kappa shape index (κ3) is 9.77. The quantitative estimate of drug-likeness (QED) is 0.442. The largest absolute Gasteiger partial charge is 0.463 e. The van der Waals surface area contributed by atoms with Crippen molar-refractivity contribution in [2.75, 3.05) is 19.8 Å². The van der Waals surface area contributed by atoms with Gasteiger partial charge in [0.15, 0.2) is 6.29 Å². The number of hydrogen-bond donors (Lipinski definition) is 0. The van der Waals surface area contributed by atoms with Crippen molar-refractivity contribution in [3.05, 3.63) is 12.2 Å². The van der Waals surface area contributed by atoms with Gasteiger partial charge in [0.25, 0.3) is 0 Å². The summed E-state index contributed by atoms with van der Waals surface area (Å²) in [6.45, 7) is 10.5. The molecule has 4 atom stereocenters. The van der Waals surface area contributed by atoms with Gasteiger partial charge in [-0.05, 0) is 56.8 Å². The van der Waals surface area contributed by atoms with Gasteiger partial charge in [-0.25, -0.2) is 4.79 Å². The molecule has 1 saturated heterocycles. The van der Waals surface area contributed by atoms with Crippen LogP contribution in [0.3, 0.4) is 0 Å². The average Bonchev–Trinajstić information content (AvgIpc) is 2.52. The number of hydrogen-bond acceptors (Lipinski definition) is 4. The van der Waals surface area contributed by atoms with Crippen LogP contribution >= 0.6 is 0 Å². The van der Waals surface area contributed by atoms with E-state index in [4.69, 9.17) is 14.2 Å². The van der Waals surface area contributed by atoms with Crippen LogP contribution in [0.4, 0.5) is 0 Å². The fourth-order valence-corrected chi connectivity index (χ4v) is 3.11. The third-order valence-corrected chi connectivity index (χ3v) is 4.13. The Labute approximate surface area is 141 Å². The second kappa shape index (κ2) is 11.6. The summed E-state index contributed by atoms with van der Waals surface area (Å²) >= 11 is 0. The van der Waals surface area contributed by atoms with E-state index in [0.717, 1.165) is 38.9 Å². The molecule has 0 amide bonds. The molecule has 0 spiro atoms. The maximum absolute atomic E-state index is 11.3. The Morgan fingerprint density at radius 2 is 2.00 bits per heavy atom. The van der Waals surface area contributed by atoms with E-state index in [-0.39, 0.29) is 12.3 Å². The minimum atomic E-state index is -0.249. The SMILES string of the molecule is CCOC(=O)/C=C/[C@@H](C)C[C@@H](C)C[C@H](C)COC1CCCCO1. The number of allylic oxidation sites excluding steroid dienone is 1. The van der Waals surface area contributed by atoms with E-state index in [1.165, 1.54) is 6.42 Å². The minimum Gasteiger partial charge on any atom is -0.463 e. The Bertz CT molecular complexity index is 347. The maximum atomic E-state index is 11.3. The predicted molar refractivity (Wildman–Crippen MR) is 92.0 cm³/mol. The smallest absolute Gasteiger partial charge is 0.330 e. The van der Waals surface area contributed by atoms with Gasteiger partial charge in [-0.3, -0.25) is 0 Å². The number of rotatable bonds is 10. The fourth-order valence-electron chi connectivity index (χ4n) is 3.11. The van der Waals surface area contributed by atoms with Gasteiger partial charge in [-0.1, -0.05) is 26.8 Å². The van der Waals surface area contributed by atoms with Gasteiger partial charge in [0.05, 0.1) is 13.2 Å². The van der Waals surface area contributed by atoms with Crippen molar-refractivity contribution >= 4 is 5.97 Å². The van der Waals surface area contributed by atoms with Gasteiger partial charge < -0.3 is 14.2 Å². The van der Waals surface area contributed by atoms with E-state index in [1.54, 1.807) is 6.08 Å². The average molecular weight is 326 g/mol. The van der Waals surface area contributed by atoms with E-state index in [1.807, 2.05) is 13.0 Å². The molecule has 0 saturated carbocycles. The highest BCUT2D eigenvalue weighted by Crippen LogP contribution is 2.22. The molecule has 1 aliphatic rings. The van der Waals surface area contributed by atoms with Crippen molar-refractivity contribution in [3.8, 4) is 0 Å². The number of carbonyl (C=O) groups is 1. The lowest BCUT2D eigenvalue weighted by atomic mass is 9.89. The number of carbonyl (C=O) groups excluding carboxylic acids is 1. The summed E-state index contributed by atoms with van der Waals surface area (Å²) in [4.78, 5) is 11.3. The number of ether oxygens (including phenoxy) is 3. The summed E-state index contributed by atoms with van der Waals surface area (Å²) in [6.07, 6.45) is 9.10. The van der Waals surface area contributed by atoms with Gasteiger partial charge in [-0.15, -0.1) is 0 Å². The van der Waals surface area contributed by atoms with Crippen molar-refractivity contribution < 1.29 is 19.0 Å². The molecule has 0 N–H and O–H groups in total. The molecule has 1 aliphatic heterocycles. The van der Waals surface area contributed by atoms with Crippen LogP contribution in [0.5, 0.6) is 0 Å². The van der Waals surface area contributed by atoms with E-state index in [9.17, 15) is 4.79 Å². The zero-order chi connectivity index (χ0) is 17.1. The van der Waals surface area contributed by atoms with Gasteiger partial charge in [-0.2, -0.15) is 0 Å². The van der Waals surface area contributed by atoms with E-state index in [0.29, 0.717) is 24.4 Å². The zero-order valence-electron chi connectivity index (χ0n) is 15.3. The fraction of sp³-hybridized carbons (Fsp3) is 0.842. The molecule has 0 aromatic rings. The lowest BCUT2D eigenvalue weighted by molar-refractivity contribution is -0.168. The van der Waals surface area contributed by atoms with E-state index in [2.05, 4.69) is 20.8 Å². The summed E-state index contributed by atoms with van der Waals surface area (Å²) in [6, 6.07) is 0. The Morgan fingerprint density at radius 1 is 1.22 bits per heavy atom. The Balaban J connectivity index is 2.18. The lowest BCUT2D eigenvalue weighted by Gasteiger charge is -2.25. The monoisotopic (exact) mass is 326 g/mol. The van der Waals surface area contributed by atoms with Crippen molar-refractivity contribution in [3.63, 3.8) is 0 Å². The molecule has 1 rings (SSSR count). The van der Waals surface area contributed by atoms with E-state index < -0.39 is 0 Å². The van der Waals surface area contributed by atoms with E-state index >= 15 is 0 Å². The molecule has 134 valence electrons. The summed E-state index contributed by atoms with van der Waals surface area (Å²) in [7, 11) is 0. The molecule has 0 bridgehead atoms. The normalized spacial score (nSPS) is 22.7. The molecule has 1 heterocycles. The van der Waals surface area contributed by atoms with Crippen molar-refractivity contribution in [1.82, 2.24) is 0 Å². The molecule has 4 nitrogen and oxygen atoms in total. The van der Waals surface area contributed by atoms with Crippen LogP contribution in [0.1, 0.15) is 59.8 Å². The molecule has 4 heteroatoms. The van der Waals surface area contributed by atoms with Crippen LogP contribution in [-0.4, -0.2) is 32.1 Å². The summed E-state index contributed by atoms with van der Waals surface area (Å²) < 4.78 is 16.4. The van der Waals surface area contributed by atoms with Gasteiger partial charge in [0.1, 0.15) is 0 Å². The minimum absolute atomic E-state index is 0.00735. The van der Waals surface area contributed by atoms with Crippen molar-refractivity contribution in [1.29, 1.82) is 0 Å². The molecule has 0 aliphatic carbocycles. The first-order valence-electron chi connectivity index (χ1n) is 9.09. The molecule has 0 radical (unpaired) electrons. The molecular weight excluding hydrogens is 292 g/mol. The van der Waals surface area contributed by atoms with Crippen LogP contribution in [0.2, 0.25) is 0 Å². The molecule has 23 heavy (non-hydrogen) atoms. The van der Waals surface area contributed by atoms with Crippen molar-refractivity contribution in [2.45, 2.75) is 66.1 Å². The summed E-state index contributed by atoms with van der Waals surface area (Å²) in [5.41, 5.74) is 0. The molecule has 1 unspecified atom stereocenters. The predicted octanol–water partition coefficient (Wildman–Crippen LogP) is 4.34. The maximum Gasteiger partial charge on any atom is 0.330 e. The molecular formula is C19H34O4. The van der Waals surface area contributed by atoms with Crippen LogP contribution in [0.25, 0.3) is 0 Å². The summed E-state index contributed by atoms with van der Waals surface area (Å²) in [5.74, 6) is 1.25. The van der Waals surface area contributed by atoms with Gasteiger partial charge in [0, 0.05) is 12.7 Å². The Morgan fingerprint density at radius 3 is 2.65 bits per heavy atom. The van der Waals surface area contributed by atoms with Crippen LogP contribution in [-0.2, 0) is 19.0 Å². The first kappa shape index (κ1) is 20.2. The molecule has 1 fully saturated rings. The summed E-state index contributed by atoms with van der Waals surface area (Å²) in [5, 5.41) is 0. The second-order valence-electron chi connectivity index (χ2n) is 6.90. The first-order valence-corrected chi connectivity index (χ1v) is 9.09. The molecule has 0 aromatic carbocycles. The van der Waals surface area contributed by atoms with Gasteiger partial charge >= 0.3 is 5.97 Å². The first-order chi connectivity index (χ1) is 11.0. The lowest BCUT2D eigenvalue weighted by Crippen LogP contribution is -2.25. The topological polar surface area (TPSA) is 44.8 Å². The van der Waals surface area contributed by atoms with Gasteiger partial charge in [0.2, 0.25) is 0 Å². The zero-order valence-corrected chi connectivity index (χ0v) is 15.3.